The van der Waals surface area contributed by atoms with Crippen LogP contribution in [0.3, 0.4) is 0 Å². The number of nitrogens with one attached hydrogen (secondary N) is 1. The van der Waals surface area contributed by atoms with Crippen molar-refractivity contribution < 1.29 is 22.8 Å². The van der Waals surface area contributed by atoms with Crippen LogP contribution >= 0.6 is 0 Å². The van der Waals surface area contributed by atoms with Crippen molar-refractivity contribution in [3.05, 3.63) is 64.2 Å². The summed E-state index contributed by atoms with van der Waals surface area (Å²) >= 11 is 0. The van der Waals surface area contributed by atoms with Crippen molar-refractivity contribution in [2.75, 3.05) is 18.9 Å². The van der Waals surface area contributed by atoms with E-state index >= 15 is 0 Å². The van der Waals surface area contributed by atoms with E-state index < -0.39 is 23.6 Å². The Labute approximate surface area is 156 Å². The summed E-state index contributed by atoms with van der Waals surface area (Å²) in [4.78, 5) is 25.7. The minimum atomic E-state index is -4.53. The minimum Gasteiger partial charge on any atom is -0.332 e. The molecule has 1 N–H and O–H groups in total. The van der Waals surface area contributed by atoms with E-state index in [4.69, 9.17) is 0 Å². The maximum Gasteiger partial charge on any atom is 0.416 e. The van der Waals surface area contributed by atoms with Gasteiger partial charge >= 0.3 is 6.18 Å². The third-order valence-corrected chi connectivity index (χ3v) is 4.11. The average molecular weight is 378 g/mol. The Kier molecular flexibility index (Phi) is 5.93. The molecule has 7 heteroatoms. The van der Waals surface area contributed by atoms with E-state index in [1.54, 1.807) is 0 Å². The van der Waals surface area contributed by atoms with E-state index in [1.807, 2.05) is 32.9 Å². The highest BCUT2D eigenvalue weighted by Gasteiger charge is 2.31. The van der Waals surface area contributed by atoms with Crippen LogP contribution in [0.5, 0.6) is 0 Å². The smallest absolute Gasteiger partial charge is 0.332 e. The molecule has 0 saturated heterocycles. The molecule has 0 aliphatic carbocycles. The molecule has 0 fully saturated rings. The lowest BCUT2D eigenvalue weighted by Gasteiger charge is -2.19. The normalized spacial score (nSPS) is 11.2. The summed E-state index contributed by atoms with van der Waals surface area (Å²) in [5.41, 5.74) is 2.51. The summed E-state index contributed by atoms with van der Waals surface area (Å²) < 4.78 is 38.4. The van der Waals surface area contributed by atoms with Gasteiger partial charge in [-0.1, -0.05) is 23.8 Å². The van der Waals surface area contributed by atoms with E-state index in [9.17, 15) is 22.8 Å². The standard InChI is InChI=1S/C20H21F3N2O2/c1-12-8-13(2)18(14(3)9-12)24-17(26)11-25(4)19(27)15-6-5-7-16(10-15)20(21,22)23/h5-10H,11H2,1-4H3,(H,24,26). The van der Waals surface area contributed by atoms with Crippen molar-refractivity contribution >= 4 is 17.5 Å². The van der Waals surface area contributed by atoms with E-state index in [0.29, 0.717) is 5.69 Å². The summed E-state index contributed by atoms with van der Waals surface area (Å²) in [6.07, 6.45) is -4.53. The second-order valence-corrected chi connectivity index (χ2v) is 6.56. The molecule has 0 aliphatic heterocycles. The quantitative estimate of drug-likeness (QED) is 0.860. The lowest BCUT2D eigenvalue weighted by Crippen LogP contribution is -2.35. The Hall–Kier alpha value is -2.83. The monoisotopic (exact) mass is 378 g/mol. The molecule has 0 aromatic heterocycles. The SMILES string of the molecule is Cc1cc(C)c(NC(=O)CN(C)C(=O)c2cccc(C(F)(F)F)c2)c(C)c1. The summed E-state index contributed by atoms with van der Waals surface area (Å²) in [5, 5.41) is 2.77. The second kappa shape index (κ2) is 7.82. The first-order valence-corrected chi connectivity index (χ1v) is 8.29. The highest BCUT2D eigenvalue weighted by Crippen LogP contribution is 2.29. The van der Waals surface area contributed by atoms with Gasteiger partial charge in [0.15, 0.2) is 0 Å². The number of hydrogen-bond acceptors (Lipinski definition) is 2. The number of aryl methyl sites for hydroxylation is 3. The van der Waals surface area contributed by atoms with Crippen molar-refractivity contribution in [3.8, 4) is 0 Å². The number of likely N-dealkylation sites (N-methyl/N-ethyl adjacent to an activating group) is 1. The molecule has 0 heterocycles. The predicted molar refractivity (Wildman–Crippen MR) is 97.7 cm³/mol. The summed E-state index contributed by atoms with van der Waals surface area (Å²) in [7, 11) is 1.37. The number of carbonyl (C=O) groups excluding carboxylic acids is 2. The third kappa shape index (κ3) is 5.09. The average Bonchev–Trinajstić information content (AvgIpc) is 2.56. The van der Waals surface area contributed by atoms with Crippen LogP contribution in [0.1, 0.15) is 32.6 Å². The number of rotatable bonds is 4. The molecule has 0 unspecified atom stereocenters. The zero-order valence-electron chi connectivity index (χ0n) is 15.6. The number of benzene rings is 2. The molecular formula is C20H21F3N2O2. The predicted octanol–water partition coefficient (Wildman–Crippen LogP) is 4.34. The lowest BCUT2D eigenvalue weighted by atomic mass is 10.1. The van der Waals surface area contributed by atoms with Crippen molar-refractivity contribution in [2.24, 2.45) is 0 Å². The number of nitrogens with zero attached hydrogens (tertiary/aromatic N) is 1. The topological polar surface area (TPSA) is 49.4 Å². The molecule has 0 saturated carbocycles. The maximum absolute atomic E-state index is 12.8. The van der Waals surface area contributed by atoms with Gasteiger partial charge in [0.2, 0.25) is 5.91 Å². The fourth-order valence-electron chi connectivity index (χ4n) is 2.89. The van der Waals surface area contributed by atoms with Gasteiger partial charge in [-0.3, -0.25) is 9.59 Å². The van der Waals surface area contributed by atoms with Gasteiger partial charge in [-0.2, -0.15) is 13.2 Å². The number of halogens is 3. The molecule has 0 radical (unpaired) electrons. The lowest BCUT2D eigenvalue weighted by molar-refractivity contribution is -0.137. The summed E-state index contributed by atoms with van der Waals surface area (Å²) in [6, 6.07) is 8.00. The zero-order chi connectivity index (χ0) is 20.4. The number of carbonyl (C=O) groups is 2. The van der Waals surface area contributed by atoms with Gasteiger partial charge in [-0.15, -0.1) is 0 Å². The van der Waals surface area contributed by atoms with Crippen molar-refractivity contribution in [2.45, 2.75) is 26.9 Å². The van der Waals surface area contributed by atoms with Crippen molar-refractivity contribution in [1.29, 1.82) is 0 Å². The highest BCUT2D eigenvalue weighted by atomic mass is 19.4. The maximum atomic E-state index is 12.8. The van der Waals surface area contributed by atoms with Crippen LogP contribution < -0.4 is 5.32 Å². The summed E-state index contributed by atoms with van der Waals surface area (Å²) in [5.74, 6) is -1.08. The number of anilines is 1. The van der Waals surface area contributed by atoms with Gasteiger partial charge in [0, 0.05) is 18.3 Å². The second-order valence-electron chi connectivity index (χ2n) is 6.56. The Bertz CT molecular complexity index is 853. The molecule has 27 heavy (non-hydrogen) atoms. The molecule has 4 nitrogen and oxygen atoms in total. The van der Waals surface area contributed by atoms with E-state index in [1.165, 1.54) is 19.2 Å². The Morgan fingerprint density at radius 1 is 1.04 bits per heavy atom. The van der Waals surface area contributed by atoms with Gasteiger partial charge < -0.3 is 10.2 Å². The molecule has 2 aromatic rings. The zero-order valence-corrected chi connectivity index (χ0v) is 15.6. The van der Waals surface area contributed by atoms with E-state index in [2.05, 4.69) is 5.32 Å². The van der Waals surface area contributed by atoms with Crippen LogP contribution in [-0.2, 0) is 11.0 Å². The van der Waals surface area contributed by atoms with Gasteiger partial charge in [0.05, 0.1) is 12.1 Å². The fourth-order valence-corrected chi connectivity index (χ4v) is 2.89. The van der Waals surface area contributed by atoms with Crippen molar-refractivity contribution in [3.63, 3.8) is 0 Å². The number of hydrogen-bond donors (Lipinski definition) is 1. The van der Waals surface area contributed by atoms with Gasteiger partial charge in [0.25, 0.3) is 5.91 Å². The van der Waals surface area contributed by atoms with Crippen molar-refractivity contribution in [1.82, 2.24) is 4.90 Å². The highest BCUT2D eigenvalue weighted by molar-refractivity contribution is 5.99. The van der Waals surface area contributed by atoms with Gasteiger partial charge in [-0.25, -0.2) is 0 Å². The number of amides is 2. The van der Waals surface area contributed by atoms with E-state index in [-0.39, 0.29) is 12.1 Å². The minimum absolute atomic E-state index is 0.122. The van der Waals surface area contributed by atoms with Crippen LogP contribution in [0.4, 0.5) is 18.9 Å². The molecule has 0 bridgehead atoms. The van der Waals surface area contributed by atoms with Crippen LogP contribution in [0.25, 0.3) is 0 Å². The first-order chi connectivity index (χ1) is 12.5. The molecule has 2 aromatic carbocycles. The molecule has 2 rings (SSSR count). The largest absolute Gasteiger partial charge is 0.416 e. The first-order valence-electron chi connectivity index (χ1n) is 8.29. The molecule has 0 spiro atoms. The fraction of sp³-hybridized carbons (Fsp3) is 0.300. The first kappa shape index (κ1) is 20.5. The molecule has 144 valence electrons. The van der Waals surface area contributed by atoms with E-state index in [0.717, 1.165) is 33.7 Å². The van der Waals surface area contributed by atoms with Crippen LogP contribution in [0.15, 0.2) is 36.4 Å². The van der Waals surface area contributed by atoms with Gasteiger partial charge in [-0.05, 0) is 50.1 Å². The third-order valence-electron chi connectivity index (χ3n) is 4.11. The number of alkyl halides is 3. The summed E-state index contributed by atoms with van der Waals surface area (Å²) in [6.45, 7) is 5.41. The van der Waals surface area contributed by atoms with Gasteiger partial charge in [0.1, 0.15) is 0 Å². The van der Waals surface area contributed by atoms with Crippen LogP contribution in [-0.4, -0.2) is 30.3 Å². The molecular weight excluding hydrogens is 357 g/mol. The Morgan fingerprint density at radius 3 is 2.19 bits per heavy atom. The molecule has 2 amide bonds. The van der Waals surface area contributed by atoms with Crippen LogP contribution in [0, 0.1) is 20.8 Å². The van der Waals surface area contributed by atoms with Crippen LogP contribution in [0.2, 0.25) is 0 Å². The Morgan fingerprint density at radius 2 is 1.63 bits per heavy atom. The Balaban J connectivity index is 2.10. The molecule has 0 aliphatic rings. The molecule has 0 atom stereocenters.